The van der Waals surface area contributed by atoms with Gasteiger partial charge in [0.1, 0.15) is 0 Å². The third-order valence-electron chi connectivity index (χ3n) is 11.4. The Hall–Kier alpha value is -0.460. The summed E-state index contributed by atoms with van der Waals surface area (Å²) < 4.78 is 17.4. The number of ether oxygens (including phenoxy) is 3. The highest BCUT2D eigenvalue weighted by Gasteiger charge is 2.39. The third-order valence-corrected chi connectivity index (χ3v) is 11.4. The van der Waals surface area contributed by atoms with Gasteiger partial charge in [0.05, 0.1) is 39.3 Å². The molecule has 5 nitrogen and oxygen atoms in total. The maximum absolute atomic E-state index is 6.24. The van der Waals surface area contributed by atoms with E-state index in [0.29, 0.717) is 43.5 Å². The fourth-order valence-electron chi connectivity index (χ4n) is 8.34. The molecule has 0 aromatic carbocycles. The molecule has 260 valence electrons. The topological polar surface area (TPSA) is 51.8 Å². The van der Waals surface area contributed by atoms with Crippen LogP contribution >= 0.6 is 0 Å². The number of hydrogen-bond donors (Lipinski definition) is 2. The molecule has 0 aromatic rings. The molecule has 1 saturated carbocycles. The van der Waals surface area contributed by atoms with Crippen molar-refractivity contribution in [1.82, 2.24) is 10.6 Å². The monoisotopic (exact) mass is 621 g/mol. The zero-order valence-corrected chi connectivity index (χ0v) is 30.7. The lowest BCUT2D eigenvalue weighted by Gasteiger charge is -2.45. The first-order chi connectivity index (χ1) is 21.1. The van der Waals surface area contributed by atoms with Gasteiger partial charge in [0, 0.05) is 13.1 Å². The third kappa shape index (κ3) is 15.0. The van der Waals surface area contributed by atoms with E-state index in [4.69, 9.17) is 14.2 Å². The second-order valence-electron chi connectivity index (χ2n) is 15.7. The minimum atomic E-state index is 0.357. The summed E-state index contributed by atoms with van der Waals surface area (Å²) in [6.45, 7) is 22.5. The normalized spacial score (nSPS) is 24.5. The van der Waals surface area contributed by atoms with Gasteiger partial charge in [-0.05, 0) is 86.5 Å². The van der Waals surface area contributed by atoms with Crippen molar-refractivity contribution < 1.29 is 14.2 Å². The SMILES string of the molecule is CCCC(C)(C)C(CCCCC1CC=C2CC(OCNCCOCCOCCNC)CCC2(C)C1)C(C)CCCC(C)CC. The number of nitrogens with one attached hydrogen (secondary N) is 2. The molecule has 0 radical (unpaired) electrons. The summed E-state index contributed by atoms with van der Waals surface area (Å²) in [5, 5.41) is 6.47. The van der Waals surface area contributed by atoms with Crippen molar-refractivity contribution in [2.24, 2.45) is 34.5 Å². The van der Waals surface area contributed by atoms with Crippen molar-refractivity contribution in [3.05, 3.63) is 11.6 Å². The molecule has 2 aliphatic carbocycles. The number of fused-ring (bicyclic) bond motifs is 1. The summed E-state index contributed by atoms with van der Waals surface area (Å²) in [4.78, 5) is 0. The summed E-state index contributed by atoms with van der Waals surface area (Å²) in [6.07, 6.45) is 23.1. The molecule has 0 saturated heterocycles. The lowest BCUT2D eigenvalue weighted by Crippen LogP contribution is -2.36. The minimum Gasteiger partial charge on any atom is -0.378 e. The van der Waals surface area contributed by atoms with E-state index in [-0.39, 0.29) is 0 Å². The Balaban J connectivity index is 1.68. The predicted octanol–water partition coefficient (Wildman–Crippen LogP) is 9.55. The van der Waals surface area contributed by atoms with Crippen molar-refractivity contribution in [2.45, 2.75) is 151 Å². The Kier molecular flexibility index (Phi) is 20.0. The van der Waals surface area contributed by atoms with Gasteiger partial charge in [0.15, 0.2) is 0 Å². The van der Waals surface area contributed by atoms with Crippen molar-refractivity contribution in [1.29, 1.82) is 0 Å². The van der Waals surface area contributed by atoms with Crippen LogP contribution < -0.4 is 10.6 Å². The second kappa shape index (κ2) is 22.2. The number of likely N-dealkylation sites (N-methyl/N-ethyl adjacent to an activating group) is 1. The van der Waals surface area contributed by atoms with E-state index >= 15 is 0 Å². The fourth-order valence-corrected chi connectivity index (χ4v) is 8.34. The Labute approximate surface area is 274 Å². The van der Waals surface area contributed by atoms with Gasteiger partial charge in [0.2, 0.25) is 0 Å². The van der Waals surface area contributed by atoms with Crippen LogP contribution in [0.2, 0.25) is 0 Å². The molecule has 2 rings (SSSR count). The van der Waals surface area contributed by atoms with Gasteiger partial charge in [-0.25, -0.2) is 0 Å². The van der Waals surface area contributed by atoms with Crippen LogP contribution in [0.25, 0.3) is 0 Å². The average Bonchev–Trinajstić information content (AvgIpc) is 2.99. The van der Waals surface area contributed by atoms with Gasteiger partial charge in [-0.3, -0.25) is 5.32 Å². The molecule has 1 fully saturated rings. The second-order valence-corrected chi connectivity index (χ2v) is 15.7. The largest absolute Gasteiger partial charge is 0.378 e. The van der Waals surface area contributed by atoms with Crippen molar-refractivity contribution >= 4 is 0 Å². The van der Waals surface area contributed by atoms with Crippen molar-refractivity contribution in [2.75, 3.05) is 53.3 Å². The summed E-state index contributed by atoms with van der Waals surface area (Å²) in [7, 11) is 1.94. The predicted molar refractivity (Wildman–Crippen MR) is 189 cm³/mol. The van der Waals surface area contributed by atoms with Gasteiger partial charge >= 0.3 is 0 Å². The van der Waals surface area contributed by atoms with Crippen LogP contribution in [0, 0.1) is 34.5 Å². The molecule has 0 amide bonds. The summed E-state index contributed by atoms with van der Waals surface area (Å²) >= 11 is 0. The Morgan fingerprint density at radius 2 is 1.73 bits per heavy atom. The number of allylic oxidation sites excluding steroid dienone is 1. The van der Waals surface area contributed by atoms with Crippen LogP contribution in [0.3, 0.4) is 0 Å². The van der Waals surface area contributed by atoms with Gasteiger partial charge in [-0.2, -0.15) is 0 Å². The van der Waals surface area contributed by atoms with Gasteiger partial charge < -0.3 is 19.5 Å². The van der Waals surface area contributed by atoms with E-state index in [0.717, 1.165) is 49.8 Å². The molecule has 5 heteroatoms. The van der Waals surface area contributed by atoms with Crippen molar-refractivity contribution in [3.8, 4) is 0 Å². The fraction of sp³-hybridized carbons (Fsp3) is 0.949. The highest BCUT2D eigenvalue weighted by Crippen LogP contribution is 2.50. The maximum Gasteiger partial charge on any atom is 0.0969 e. The van der Waals surface area contributed by atoms with E-state index in [1.165, 1.54) is 89.9 Å². The van der Waals surface area contributed by atoms with Crippen LogP contribution in [0.15, 0.2) is 11.6 Å². The molecule has 0 heterocycles. The summed E-state index contributed by atoms with van der Waals surface area (Å²) in [5.74, 6) is 3.46. The van der Waals surface area contributed by atoms with E-state index in [9.17, 15) is 0 Å². The molecule has 0 aliphatic heterocycles. The summed E-state index contributed by atoms with van der Waals surface area (Å²) in [5.41, 5.74) is 2.54. The van der Waals surface area contributed by atoms with Crippen LogP contribution in [0.4, 0.5) is 0 Å². The lowest BCUT2D eigenvalue weighted by molar-refractivity contribution is 0.00214. The van der Waals surface area contributed by atoms with E-state index in [1.807, 2.05) is 7.05 Å². The van der Waals surface area contributed by atoms with Crippen LogP contribution in [-0.2, 0) is 14.2 Å². The van der Waals surface area contributed by atoms with Crippen LogP contribution in [0.1, 0.15) is 145 Å². The molecule has 6 unspecified atom stereocenters. The van der Waals surface area contributed by atoms with Crippen LogP contribution in [-0.4, -0.2) is 59.4 Å². The Morgan fingerprint density at radius 1 is 0.977 bits per heavy atom. The van der Waals surface area contributed by atoms with E-state index < -0.39 is 0 Å². The molecular formula is C39H76N2O3. The Morgan fingerprint density at radius 3 is 2.43 bits per heavy atom. The number of hydrogen-bond acceptors (Lipinski definition) is 5. The standard InChI is InChI=1S/C39H76N2O3/c1-9-21-38(5,6)37(33(4)15-13-14-32(3)10-2)17-12-11-16-34-18-19-35-29-36(20-22-39(35,7)30-34)44-31-41-24-26-43-28-27-42-25-23-40-8/h19,32-34,36-37,40-41H,9-18,20-31H2,1-8H3. The van der Waals surface area contributed by atoms with E-state index in [1.54, 1.807) is 5.57 Å². The van der Waals surface area contributed by atoms with Crippen LogP contribution in [0.5, 0.6) is 0 Å². The number of rotatable bonds is 26. The Bertz CT molecular complexity index is 756. The first kappa shape index (κ1) is 39.7. The number of unbranched alkanes of at least 4 members (excludes halogenated alkanes) is 1. The zero-order chi connectivity index (χ0) is 32.3. The smallest absolute Gasteiger partial charge is 0.0969 e. The maximum atomic E-state index is 6.24. The quantitative estimate of drug-likeness (QED) is 0.0573. The highest BCUT2D eigenvalue weighted by atomic mass is 16.5. The van der Waals surface area contributed by atoms with Gasteiger partial charge in [0.25, 0.3) is 0 Å². The van der Waals surface area contributed by atoms with Crippen molar-refractivity contribution in [3.63, 3.8) is 0 Å². The molecule has 6 atom stereocenters. The van der Waals surface area contributed by atoms with E-state index in [2.05, 4.69) is 65.2 Å². The molecule has 0 bridgehead atoms. The molecule has 2 N–H and O–H groups in total. The first-order valence-electron chi connectivity index (χ1n) is 19.0. The highest BCUT2D eigenvalue weighted by molar-refractivity contribution is 5.21. The molecule has 44 heavy (non-hydrogen) atoms. The summed E-state index contributed by atoms with van der Waals surface area (Å²) in [6, 6.07) is 0. The lowest BCUT2D eigenvalue weighted by atomic mass is 9.62. The first-order valence-corrected chi connectivity index (χ1v) is 19.0. The molecule has 2 aliphatic rings. The molecular weight excluding hydrogens is 544 g/mol. The zero-order valence-electron chi connectivity index (χ0n) is 30.7. The average molecular weight is 621 g/mol. The minimum absolute atomic E-state index is 0.357. The van der Waals surface area contributed by atoms with Gasteiger partial charge in [-0.1, -0.05) is 111 Å². The molecule has 0 spiro atoms. The molecule has 0 aromatic heterocycles. The van der Waals surface area contributed by atoms with Gasteiger partial charge in [-0.15, -0.1) is 0 Å².